The van der Waals surface area contributed by atoms with Crippen LogP contribution in [-0.4, -0.2) is 31.1 Å². The molecule has 20 heavy (non-hydrogen) atoms. The van der Waals surface area contributed by atoms with E-state index in [4.69, 9.17) is 0 Å². The molecule has 1 aromatic rings. The van der Waals surface area contributed by atoms with Crippen molar-refractivity contribution in [3.8, 4) is 0 Å². The van der Waals surface area contributed by atoms with Crippen molar-refractivity contribution in [3.05, 3.63) is 34.3 Å². The van der Waals surface area contributed by atoms with Gasteiger partial charge in [-0.3, -0.25) is 0 Å². The van der Waals surface area contributed by atoms with Crippen LogP contribution in [0.2, 0.25) is 0 Å². The van der Waals surface area contributed by atoms with E-state index in [0.29, 0.717) is 6.04 Å². The summed E-state index contributed by atoms with van der Waals surface area (Å²) in [5.41, 5.74) is 1.37. The second-order valence-corrected chi connectivity index (χ2v) is 7.02. The molecule has 1 aromatic carbocycles. The van der Waals surface area contributed by atoms with Crippen LogP contribution in [0.4, 0.5) is 0 Å². The third kappa shape index (κ3) is 4.06. The summed E-state index contributed by atoms with van der Waals surface area (Å²) < 4.78 is 1.21. The number of hydrogen-bond acceptors (Lipinski definition) is 2. The molecule has 0 saturated carbocycles. The van der Waals surface area contributed by atoms with Crippen molar-refractivity contribution in [3.63, 3.8) is 0 Å². The van der Waals surface area contributed by atoms with Gasteiger partial charge in [0.25, 0.3) is 0 Å². The molecular weight excluding hydrogens is 312 g/mol. The van der Waals surface area contributed by atoms with Crippen LogP contribution in [0.3, 0.4) is 0 Å². The van der Waals surface area contributed by atoms with Crippen LogP contribution in [-0.2, 0) is 0 Å². The SMILES string of the molecule is CNC(CCN1CCC(C)CC1C)c1ccccc1Br. The smallest absolute Gasteiger partial charge is 0.0340 e. The van der Waals surface area contributed by atoms with Crippen molar-refractivity contribution < 1.29 is 0 Å². The number of nitrogens with zero attached hydrogens (tertiary/aromatic N) is 1. The van der Waals surface area contributed by atoms with Crippen molar-refractivity contribution in [2.45, 2.75) is 45.2 Å². The molecule has 3 unspecified atom stereocenters. The molecule has 1 heterocycles. The van der Waals surface area contributed by atoms with Gasteiger partial charge in [0.15, 0.2) is 0 Å². The van der Waals surface area contributed by atoms with Crippen molar-refractivity contribution in [2.24, 2.45) is 5.92 Å². The molecule has 0 aliphatic carbocycles. The Kier molecular flexibility index (Phi) is 6.06. The second-order valence-electron chi connectivity index (χ2n) is 6.17. The van der Waals surface area contributed by atoms with Gasteiger partial charge in [-0.15, -0.1) is 0 Å². The molecule has 0 bridgehead atoms. The summed E-state index contributed by atoms with van der Waals surface area (Å²) in [5, 5.41) is 3.47. The minimum Gasteiger partial charge on any atom is -0.313 e. The Labute approximate surface area is 132 Å². The summed E-state index contributed by atoms with van der Waals surface area (Å²) in [6.07, 6.45) is 3.86. The van der Waals surface area contributed by atoms with Gasteiger partial charge in [-0.2, -0.15) is 0 Å². The number of benzene rings is 1. The molecule has 2 nitrogen and oxygen atoms in total. The molecule has 0 radical (unpaired) electrons. The van der Waals surface area contributed by atoms with Gasteiger partial charge in [0.1, 0.15) is 0 Å². The maximum absolute atomic E-state index is 3.67. The molecule has 1 fully saturated rings. The average Bonchev–Trinajstić information content (AvgIpc) is 2.43. The molecule has 1 N–H and O–H groups in total. The Bertz CT molecular complexity index is 421. The monoisotopic (exact) mass is 338 g/mol. The van der Waals surface area contributed by atoms with E-state index < -0.39 is 0 Å². The standard InChI is InChI=1S/C17H27BrN2/c1-13-8-10-20(14(2)12-13)11-9-17(19-3)15-6-4-5-7-16(15)18/h4-7,13-14,17,19H,8-12H2,1-3H3. The van der Waals surface area contributed by atoms with Crippen molar-refractivity contribution in [1.82, 2.24) is 10.2 Å². The van der Waals surface area contributed by atoms with Crippen LogP contribution in [0.1, 0.15) is 44.7 Å². The van der Waals surface area contributed by atoms with Crippen LogP contribution in [0.15, 0.2) is 28.7 Å². The number of rotatable bonds is 5. The van der Waals surface area contributed by atoms with E-state index in [0.717, 1.165) is 18.4 Å². The predicted molar refractivity (Wildman–Crippen MR) is 90.0 cm³/mol. The molecule has 1 aliphatic rings. The van der Waals surface area contributed by atoms with E-state index in [-0.39, 0.29) is 0 Å². The average molecular weight is 339 g/mol. The molecule has 1 aliphatic heterocycles. The highest BCUT2D eigenvalue weighted by Crippen LogP contribution is 2.27. The van der Waals surface area contributed by atoms with E-state index in [1.54, 1.807) is 0 Å². The van der Waals surface area contributed by atoms with Crippen molar-refractivity contribution in [1.29, 1.82) is 0 Å². The van der Waals surface area contributed by atoms with Crippen LogP contribution >= 0.6 is 15.9 Å². The molecular formula is C17H27BrN2. The largest absolute Gasteiger partial charge is 0.313 e. The van der Waals surface area contributed by atoms with E-state index in [2.05, 4.69) is 71.3 Å². The zero-order chi connectivity index (χ0) is 14.5. The molecule has 0 spiro atoms. The van der Waals surface area contributed by atoms with E-state index >= 15 is 0 Å². The summed E-state index contributed by atoms with van der Waals surface area (Å²) in [5.74, 6) is 0.893. The fourth-order valence-corrected chi connectivity index (χ4v) is 3.86. The third-order valence-corrected chi connectivity index (χ3v) is 5.33. The quantitative estimate of drug-likeness (QED) is 0.864. The Balaban J connectivity index is 1.93. The van der Waals surface area contributed by atoms with Crippen LogP contribution < -0.4 is 5.32 Å². The second kappa shape index (κ2) is 7.58. The molecule has 0 amide bonds. The highest BCUT2D eigenvalue weighted by Gasteiger charge is 2.23. The fraction of sp³-hybridized carbons (Fsp3) is 0.647. The topological polar surface area (TPSA) is 15.3 Å². The van der Waals surface area contributed by atoms with Gasteiger partial charge in [0.05, 0.1) is 0 Å². The van der Waals surface area contributed by atoms with E-state index in [1.165, 1.54) is 36.0 Å². The Morgan fingerprint density at radius 2 is 2.10 bits per heavy atom. The highest BCUT2D eigenvalue weighted by atomic mass is 79.9. The first-order valence-corrected chi connectivity index (χ1v) is 8.57. The fourth-order valence-electron chi connectivity index (χ4n) is 3.30. The normalized spacial score (nSPS) is 25.6. The molecule has 3 atom stereocenters. The summed E-state index contributed by atoms with van der Waals surface area (Å²) in [4.78, 5) is 2.65. The number of halogens is 1. The Morgan fingerprint density at radius 1 is 1.35 bits per heavy atom. The number of nitrogens with one attached hydrogen (secondary N) is 1. The van der Waals surface area contributed by atoms with Crippen molar-refractivity contribution >= 4 is 15.9 Å². The highest BCUT2D eigenvalue weighted by molar-refractivity contribution is 9.10. The number of hydrogen-bond donors (Lipinski definition) is 1. The van der Waals surface area contributed by atoms with Gasteiger partial charge in [-0.05, 0) is 57.3 Å². The van der Waals surface area contributed by atoms with Gasteiger partial charge in [-0.1, -0.05) is 41.1 Å². The van der Waals surface area contributed by atoms with Crippen LogP contribution in [0.25, 0.3) is 0 Å². The van der Waals surface area contributed by atoms with E-state index in [9.17, 15) is 0 Å². The summed E-state index contributed by atoms with van der Waals surface area (Å²) in [6.45, 7) is 7.20. The van der Waals surface area contributed by atoms with Gasteiger partial charge in [0, 0.05) is 23.1 Å². The first kappa shape index (κ1) is 16.0. The molecule has 112 valence electrons. The van der Waals surface area contributed by atoms with Gasteiger partial charge in [-0.25, -0.2) is 0 Å². The van der Waals surface area contributed by atoms with Crippen molar-refractivity contribution in [2.75, 3.05) is 20.1 Å². The minimum absolute atomic E-state index is 0.428. The summed E-state index contributed by atoms with van der Waals surface area (Å²) in [7, 11) is 2.06. The summed E-state index contributed by atoms with van der Waals surface area (Å²) in [6, 6.07) is 9.70. The lowest BCUT2D eigenvalue weighted by Gasteiger charge is -2.37. The van der Waals surface area contributed by atoms with Gasteiger partial charge < -0.3 is 10.2 Å². The lowest BCUT2D eigenvalue weighted by Crippen LogP contribution is -2.41. The lowest BCUT2D eigenvalue weighted by atomic mass is 9.93. The first-order chi connectivity index (χ1) is 9.61. The Morgan fingerprint density at radius 3 is 2.75 bits per heavy atom. The van der Waals surface area contributed by atoms with E-state index in [1.807, 2.05) is 0 Å². The molecule has 1 saturated heterocycles. The zero-order valence-corrected chi connectivity index (χ0v) is 14.5. The van der Waals surface area contributed by atoms with Gasteiger partial charge >= 0.3 is 0 Å². The number of likely N-dealkylation sites (tertiary alicyclic amines) is 1. The lowest BCUT2D eigenvalue weighted by molar-refractivity contribution is 0.124. The Hall–Kier alpha value is -0.380. The number of piperidine rings is 1. The molecule has 0 aromatic heterocycles. The predicted octanol–water partition coefficient (Wildman–Crippen LogP) is 4.22. The minimum atomic E-state index is 0.428. The molecule has 2 rings (SSSR count). The molecule has 3 heteroatoms. The maximum Gasteiger partial charge on any atom is 0.0340 e. The third-order valence-electron chi connectivity index (χ3n) is 4.61. The maximum atomic E-state index is 3.67. The summed E-state index contributed by atoms with van der Waals surface area (Å²) >= 11 is 3.67. The van der Waals surface area contributed by atoms with Gasteiger partial charge in [0.2, 0.25) is 0 Å². The van der Waals surface area contributed by atoms with Crippen LogP contribution in [0, 0.1) is 5.92 Å². The van der Waals surface area contributed by atoms with Crippen LogP contribution in [0.5, 0.6) is 0 Å². The zero-order valence-electron chi connectivity index (χ0n) is 12.9. The first-order valence-electron chi connectivity index (χ1n) is 7.77.